The Hall–Kier alpha value is -1.85. The second-order valence-corrected chi connectivity index (χ2v) is 6.11. The molecule has 1 aromatic heterocycles. The summed E-state index contributed by atoms with van der Waals surface area (Å²) in [6.45, 7) is 6.96. The first-order chi connectivity index (χ1) is 9.35. The molecule has 2 N–H and O–H groups in total. The van der Waals surface area contributed by atoms with Gasteiger partial charge in [0.2, 0.25) is 5.95 Å². The lowest BCUT2D eigenvalue weighted by molar-refractivity contribution is 0.0197. The summed E-state index contributed by atoms with van der Waals surface area (Å²) in [6.07, 6.45) is 3.33. The van der Waals surface area contributed by atoms with Crippen LogP contribution in [0.15, 0.2) is 12.3 Å². The molecular formula is C14H22N4O2. The summed E-state index contributed by atoms with van der Waals surface area (Å²) in [5.41, 5.74) is 6.04. The Morgan fingerprint density at radius 2 is 2.25 bits per heavy atom. The number of hydrogen-bond donors (Lipinski definition) is 1. The van der Waals surface area contributed by atoms with Crippen LogP contribution in [0, 0.1) is 0 Å². The summed E-state index contributed by atoms with van der Waals surface area (Å²) in [6, 6.07) is 1.86. The van der Waals surface area contributed by atoms with Crippen LogP contribution >= 0.6 is 0 Å². The quantitative estimate of drug-likeness (QED) is 0.851. The highest BCUT2D eigenvalue weighted by Crippen LogP contribution is 2.26. The van der Waals surface area contributed by atoms with Crippen molar-refractivity contribution in [2.75, 3.05) is 18.8 Å². The first kappa shape index (κ1) is 14.6. The predicted octanol–water partition coefficient (Wildman–Crippen LogP) is 2.17. The molecule has 1 aromatic rings. The van der Waals surface area contributed by atoms with Gasteiger partial charge >= 0.3 is 6.09 Å². The van der Waals surface area contributed by atoms with Crippen molar-refractivity contribution in [2.45, 2.75) is 45.1 Å². The Balaban J connectivity index is 2.03. The van der Waals surface area contributed by atoms with Crippen molar-refractivity contribution in [1.82, 2.24) is 14.9 Å². The number of amides is 1. The standard InChI is InChI=1S/C14H22N4O2/c1-14(2,3)20-13(19)18-8-4-5-10(9-18)11-6-7-16-12(15)17-11/h6-7,10H,4-5,8-9H2,1-3H3,(H2,15,16,17). The van der Waals surface area contributed by atoms with Crippen molar-refractivity contribution >= 4 is 12.0 Å². The number of nitrogens with zero attached hydrogens (tertiary/aromatic N) is 3. The molecule has 1 aliphatic rings. The predicted molar refractivity (Wildman–Crippen MR) is 76.2 cm³/mol. The average Bonchev–Trinajstić information content (AvgIpc) is 2.37. The van der Waals surface area contributed by atoms with Crippen LogP contribution in [0.2, 0.25) is 0 Å². The molecule has 0 bridgehead atoms. The van der Waals surface area contributed by atoms with E-state index >= 15 is 0 Å². The van der Waals surface area contributed by atoms with Gasteiger partial charge in [-0.3, -0.25) is 0 Å². The minimum atomic E-state index is -0.469. The van der Waals surface area contributed by atoms with Gasteiger partial charge in [-0.1, -0.05) is 0 Å². The van der Waals surface area contributed by atoms with Gasteiger partial charge in [-0.2, -0.15) is 0 Å². The lowest BCUT2D eigenvalue weighted by Crippen LogP contribution is -2.42. The van der Waals surface area contributed by atoms with Crippen LogP contribution in [-0.2, 0) is 4.74 Å². The summed E-state index contributed by atoms with van der Waals surface area (Å²) in [4.78, 5) is 22.0. The normalized spacial score (nSPS) is 19.8. The van der Waals surface area contributed by atoms with Crippen molar-refractivity contribution in [3.8, 4) is 0 Å². The van der Waals surface area contributed by atoms with E-state index in [9.17, 15) is 4.79 Å². The Morgan fingerprint density at radius 1 is 1.50 bits per heavy atom. The minimum Gasteiger partial charge on any atom is -0.444 e. The molecule has 1 fully saturated rings. The number of carbonyl (C=O) groups excluding carboxylic acids is 1. The molecular weight excluding hydrogens is 256 g/mol. The molecule has 1 amide bonds. The number of ether oxygens (including phenoxy) is 1. The lowest BCUT2D eigenvalue weighted by Gasteiger charge is -2.33. The monoisotopic (exact) mass is 278 g/mol. The molecule has 1 aliphatic heterocycles. The van der Waals surface area contributed by atoms with Crippen LogP contribution in [0.3, 0.4) is 0 Å². The third-order valence-electron chi connectivity index (χ3n) is 3.19. The summed E-state index contributed by atoms with van der Waals surface area (Å²) in [5, 5.41) is 0. The number of rotatable bonds is 1. The molecule has 6 heteroatoms. The Morgan fingerprint density at radius 3 is 2.90 bits per heavy atom. The van der Waals surface area contributed by atoms with Gasteiger partial charge in [0.15, 0.2) is 0 Å². The van der Waals surface area contributed by atoms with Crippen molar-refractivity contribution in [3.05, 3.63) is 18.0 Å². The van der Waals surface area contributed by atoms with Gasteiger partial charge in [0.1, 0.15) is 5.60 Å². The molecule has 2 heterocycles. The number of anilines is 1. The average molecular weight is 278 g/mol. The number of aromatic nitrogens is 2. The largest absolute Gasteiger partial charge is 0.444 e. The summed E-state index contributed by atoms with van der Waals surface area (Å²) < 4.78 is 5.41. The SMILES string of the molecule is CC(C)(C)OC(=O)N1CCCC(c2ccnc(N)n2)C1. The van der Waals surface area contributed by atoms with Gasteiger partial charge in [0.25, 0.3) is 0 Å². The fourth-order valence-electron chi connectivity index (χ4n) is 2.33. The molecule has 2 rings (SSSR count). The van der Waals surface area contributed by atoms with Crippen LogP contribution in [-0.4, -0.2) is 39.7 Å². The fraction of sp³-hybridized carbons (Fsp3) is 0.643. The molecule has 0 spiro atoms. The van der Waals surface area contributed by atoms with Crippen molar-refractivity contribution in [2.24, 2.45) is 0 Å². The second-order valence-electron chi connectivity index (χ2n) is 6.11. The van der Waals surface area contributed by atoms with E-state index in [0.717, 1.165) is 25.1 Å². The van der Waals surface area contributed by atoms with Crippen molar-refractivity contribution in [3.63, 3.8) is 0 Å². The second kappa shape index (κ2) is 5.64. The number of likely N-dealkylation sites (tertiary alicyclic amines) is 1. The summed E-state index contributed by atoms with van der Waals surface area (Å²) in [5.74, 6) is 0.471. The first-order valence-corrected chi connectivity index (χ1v) is 6.91. The molecule has 20 heavy (non-hydrogen) atoms. The van der Waals surface area contributed by atoms with E-state index in [1.54, 1.807) is 11.1 Å². The first-order valence-electron chi connectivity index (χ1n) is 6.91. The molecule has 0 aromatic carbocycles. The molecule has 6 nitrogen and oxygen atoms in total. The van der Waals surface area contributed by atoms with Gasteiger partial charge in [-0.15, -0.1) is 0 Å². The molecule has 1 unspecified atom stereocenters. The highest BCUT2D eigenvalue weighted by atomic mass is 16.6. The Kier molecular flexibility index (Phi) is 4.11. The summed E-state index contributed by atoms with van der Waals surface area (Å²) >= 11 is 0. The zero-order valence-electron chi connectivity index (χ0n) is 12.3. The van der Waals surface area contributed by atoms with Crippen LogP contribution in [0.1, 0.15) is 45.2 Å². The van der Waals surface area contributed by atoms with Crippen LogP contribution in [0.5, 0.6) is 0 Å². The van der Waals surface area contributed by atoms with E-state index in [0.29, 0.717) is 6.54 Å². The highest BCUT2D eigenvalue weighted by Gasteiger charge is 2.28. The van der Waals surface area contributed by atoms with Gasteiger partial charge in [0.05, 0.1) is 5.69 Å². The van der Waals surface area contributed by atoms with Crippen LogP contribution < -0.4 is 5.73 Å². The maximum absolute atomic E-state index is 12.1. The number of nitrogens with two attached hydrogens (primary N) is 1. The number of carbonyl (C=O) groups is 1. The topological polar surface area (TPSA) is 81.3 Å². The number of piperidine rings is 1. The highest BCUT2D eigenvalue weighted by molar-refractivity contribution is 5.68. The fourth-order valence-corrected chi connectivity index (χ4v) is 2.33. The lowest BCUT2D eigenvalue weighted by atomic mass is 9.95. The van der Waals surface area contributed by atoms with Crippen LogP contribution in [0.4, 0.5) is 10.7 Å². The molecule has 0 radical (unpaired) electrons. The molecule has 0 saturated carbocycles. The van der Waals surface area contributed by atoms with Crippen molar-refractivity contribution in [1.29, 1.82) is 0 Å². The maximum atomic E-state index is 12.1. The third-order valence-corrected chi connectivity index (χ3v) is 3.19. The molecule has 0 aliphatic carbocycles. The molecule has 110 valence electrons. The third kappa shape index (κ3) is 3.82. The maximum Gasteiger partial charge on any atom is 0.410 e. The van der Waals surface area contributed by atoms with Gasteiger partial charge in [-0.25, -0.2) is 14.8 Å². The molecule has 1 saturated heterocycles. The number of hydrogen-bond acceptors (Lipinski definition) is 5. The van der Waals surface area contributed by atoms with Gasteiger partial charge in [-0.05, 0) is 39.7 Å². The zero-order chi connectivity index (χ0) is 14.8. The van der Waals surface area contributed by atoms with E-state index in [4.69, 9.17) is 10.5 Å². The van der Waals surface area contributed by atoms with E-state index in [1.165, 1.54) is 0 Å². The summed E-state index contributed by atoms with van der Waals surface area (Å²) in [7, 11) is 0. The van der Waals surface area contributed by atoms with E-state index < -0.39 is 5.60 Å². The van der Waals surface area contributed by atoms with Crippen molar-refractivity contribution < 1.29 is 9.53 Å². The smallest absolute Gasteiger partial charge is 0.410 e. The molecule has 1 atom stereocenters. The van der Waals surface area contributed by atoms with Crippen LogP contribution in [0.25, 0.3) is 0 Å². The Bertz CT molecular complexity index is 484. The minimum absolute atomic E-state index is 0.196. The van der Waals surface area contributed by atoms with Gasteiger partial charge in [0, 0.05) is 25.2 Å². The Labute approximate surface area is 119 Å². The van der Waals surface area contributed by atoms with E-state index in [-0.39, 0.29) is 18.0 Å². The van der Waals surface area contributed by atoms with Gasteiger partial charge < -0.3 is 15.4 Å². The number of nitrogen functional groups attached to an aromatic ring is 1. The van der Waals surface area contributed by atoms with E-state index in [2.05, 4.69) is 9.97 Å². The zero-order valence-corrected chi connectivity index (χ0v) is 12.3. The van der Waals surface area contributed by atoms with E-state index in [1.807, 2.05) is 26.8 Å².